The first-order chi connectivity index (χ1) is 10.5. The SMILES string of the molecule is COCCN(Cc1cccc(O)c1)Cc1c(C)nn(C)c1C. The number of hydrogen-bond donors (Lipinski definition) is 1. The van der Waals surface area contributed by atoms with E-state index in [4.69, 9.17) is 4.74 Å². The van der Waals surface area contributed by atoms with Crippen LogP contribution in [0.2, 0.25) is 0 Å². The van der Waals surface area contributed by atoms with Crippen molar-refractivity contribution in [2.75, 3.05) is 20.3 Å². The summed E-state index contributed by atoms with van der Waals surface area (Å²) >= 11 is 0. The fraction of sp³-hybridized carbons (Fsp3) is 0.471. The second kappa shape index (κ2) is 7.42. The Kier molecular flexibility index (Phi) is 5.57. The van der Waals surface area contributed by atoms with Gasteiger partial charge in [0.25, 0.3) is 0 Å². The summed E-state index contributed by atoms with van der Waals surface area (Å²) in [6.07, 6.45) is 0. The molecule has 0 saturated carbocycles. The van der Waals surface area contributed by atoms with Crippen molar-refractivity contribution in [1.82, 2.24) is 14.7 Å². The smallest absolute Gasteiger partial charge is 0.115 e. The largest absolute Gasteiger partial charge is 0.508 e. The number of hydrogen-bond acceptors (Lipinski definition) is 4. The maximum Gasteiger partial charge on any atom is 0.115 e. The van der Waals surface area contributed by atoms with Crippen LogP contribution in [0.4, 0.5) is 0 Å². The number of aromatic nitrogens is 2. The van der Waals surface area contributed by atoms with E-state index in [1.165, 1.54) is 11.3 Å². The van der Waals surface area contributed by atoms with Crippen molar-refractivity contribution in [3.8, 4) is 5.75 Å². The molecule has 0 fully saturated rings. The molecule has 0 radical (unpaired) electrons. The monoisotopic (exact) mass is 303 g/mol. The van der Waals surface area contributed by atoms with Gasteiger partial charge in [-0.05, 0) is 31.5 Å². The third kappa shape index (κ3) is 4.08. The summed E-state index contributed by atoms with van der Waals surface area (Å²) in [6.45, 7) is 7.25. The molecule has 0 unspecified atom stereocenters. The van der Waals surface area contributed by atoms with Gasteiger partial charge in [-0.25, -0.2) is 0 Å². The number of aromatic hydroxyl groups is 1. The Morgan fingerprint density at radius 1 is 1.27 bits per heavy atom. The second-order valence-corrected chi connectivity index (χ2v) is 5.65. The minimum atomic E-state index is 0.304. The Morgan fingerprint density at radius 2 is 2.05 bits per heavy atom. The molecule has 0 atom stereocenters. The van der Waals surface area contributed by atoms with Crippen LogP contribution in [0.25, 0.3) is 0 Å². The number of rotatable bonds is 7. The Hall–Kier alpha value is -1.85. The standard InChI is InChI=1S/C17H25N3O2/c1-13-17(14(2)19(3)18-13)12-20(8-9-22-4)11-15-6-5-7-16(21)10-15/h5-7,10,21H,8-9,11-12H2,1-4H3. The van der Waals surface area contributed by atoms with Crippen molar-refractivity contribution in [3.05, 3.63) is 46.8 Å². The summed E-state index contributed by atoms with van der Waals surface area (Å²) in [4.78, 5) is 2.31. The summed E-state index contributed by atoms with van der Waals surface area (Å²) in [5, 5.41) is 14.1. The quantitative estimate of drug-likeness (QED) is 0.853. The number of aryl methyl sites for hydroxylation is 2. The highest BCUT2D eigenvalue weighted by molar-refractivity contribution is 5.28. The number of methoxy groups -OCH3 is 1. The molecule has 5 heteroatoms. The lowest BCUT2D eigenvalue weighted by atomic mass is 10.1. The van der Waals surface area contributed by atoms with Crippen molar-refractivity contribution in [3.63, 3.8) is 0 Å². The molecule has 5 nitrogen and oxygen atoms in total. The molecule has 0 saturated heterocycles. The van der Waals surface area contributed by atoms with Gasteiger partial charge in [-0.2, -0.15) is 5.10 Å². The van der Waals surface area contributed by atoms with E-state index >= 15 is 0 Å². The topological polar surface area (TPSA) is 50.5 Å². The molecular formula is C17H25N3O2. The van der Waals surface area contributed by atoms with Crippen LogP contribution in [0.15, 0.2) is 24.3 Å². The highest BCUT2D eigenvalue weighted by Gasteiger charge is 2.14. The minimum Gasteiger partial charge on any atom is -0.508 e. The summed E-state index contributed by atoms with van der Waals surface area (Å²) in [5.74, 6) is 0.304. The Bertz CT molecular complexity index is 622. The van der Waals surface area contributed by atoms with E-state index in [2.05, 4.69) is 16.9 Å². The molecule has 1 N–H and O–H groups in total. The average molecular weight is 303 g/mol. The zero-order chi connectivity index (χ0) is 16.1. The van der Waals surface area contributed by atoms with Gasteiger partial charge in [0.1, 0.15) is 5.75 Å². The molecule has 1 aromatic heterocycles. The van der Waals surface area contributed by atoms with E-state index in [9.17, 15) is 5.11 Å². The normalized spacial score (nSPS) is 11.3. The van der Waals surface area contributed by atoms with Gasteiger partial charge in [-0.1, -0.05) is 12.1 Å². The maximum atomic E-state index is 9.63. The molecule has 2 rings (SSSR count). The molecule has 0 spiro atoms. The van der Waals surface area contributed by atoms with Crippen LogP contribution in [0.3, 0.4) is 0 Å². The molecule has 120 valence electrons. The van der Waals surface area contributed by atoms with Gasteiger partial charge in [0.15, 0.2) is 0 Å². The van der Waals surface area contributed by atoms with E-state index in [1.807, 2.05) is 36.9 Å². The van der Waals surface area contributed by atoms with Crippen molar-refractivity contribution in [2.24, 2.45) is 7.05 Å². The van der Waals surface area contributed by atoms with Crippen molar-refractivity contribution >= 4 is 0 Å². The third-order valence-corrected chi connectivity index (χ3v) is 3.97. The van der Waals surface area contributed by atoms with Crippen LogP contribution in [0.1, 0.15) is 22.5 Å². The molecule has 0 aliphatic rings. The predicted octanol–water partition coefficient (Wildman–Crippen LogP) is 2.39. The zero-order valence-corrected chi connectivity index (χ0v) is 13.8. The molecule has 2 aromatic rings. The third-order valence-electron chi connectivity index (χ3n) is 3.97. The molecule has 0 bridgehead atoms. The number of nitrogens with zero attached hydrogens (tertiary/aromatic N) is 3. The lowest BCUT2D eigenvalue weighted by molar-refractivity contribution is 0.140. The van der Waals surface area contributed by atoms with Gasteiger partial charge in [0.05, 0.1) is 12.3 Å². The van der Waals surface area contributed by atoms with E-state index in [0.717, 1.165) is 30.9 Å². The Morgan fingerprint density at radius 3 is 2.64 bits per heavy atom. The number of phenolic OH excluding ortho intramolecular Hbond substituents is 1. The van der Waals surface area contributed by atoms with Crippen LogP contribution >= 0.6 is 0 Å². The summed E-state index contributed by atoms with van der Waals surface area (Å²) in [7, 11) is 3.69. The van der Waals surface area contributed by atoms with Crippen LogP contribution < -0.4 is 0 Å². The van der Waals surface area contributed by atoms with Gasteiger partial charge in [-0.15, -0.1) is 0 Å². The first kappa shape index (κ1) is 16.5. The lowest BCUT2D eigenvalue weighted by Crippen LogP contribution is -2.27. The van der Waals surface area contributed by atoms with Gasteiger partial charge >= 0.3 is 0 Å². The molecular weight excluding hydrogens is 278 g/mol. The first-order valence-corrected chi connectivity index (χ1v) is 7.49. The highest BCUT2D eigenvalue weighted by Crippen LogP contribution is 2.18. The summed E-state index contributed by atoms with van der Waals surface area (Å²) < 4.78 is 7.15. The minimum absolute atomic E-state index is 0.304. The van der Waals surface area contributed by atoms with Crippen LogP contribution in [-0.2, 0) is 24.9 Å². The predicted molar refractivity (Wildman–Crippen MR) is 86.8 cm³/mol. The van der Waals surface area contributed by atoms with Gasteiger partial charge in [0.2, 0.25) is 0 Å². The van der Waals surface area contributed by atoms with Gasteiger partial charge in [-0.3, -0.25) is 9.58 Å². The average Bonchev–Trinajstić information content (AvgIpc) is 2.71. The van der Waals surface area contributed by atoms with Gasteiger partial charge in [0, 0.05) is 45.0 Å². The van der Waals surface area contributed by atoms with Crippen molar-refractivity contribution < 1.29 is 9.84 Å². The van der Waals surface area contributed by atoms with Crippen molar-refractivity contribution in [1.29, 1.82) is 0 Å². The molecule has 1 heterocycles. The van der Waals surface area contributed by atoms with E-state index in [-0.39, 0.29) is 0 Å². The zero-order valence-electron chi connectivity index (χ0n) is 13.8. The molecule has 0 aliphatic heterocycles. The lowest BCUT2D eigenvalue weighted by Gasteiger charge is -2.22. The number of ether oxygens (including phenoxy) is 1. The fourth-order valence-corrected chi connectivity index (χ4v) is 2.62. The van der Waals surface area contributed by atoms with Gasteiger partial charge < -0.3 is 9.84 Å². The number of phenols is 1. The molecule has 0 aliphatic carbocycles. The van der Waals surface area contributed by atoms with E-state index in [1.54, 1.807) is 13.2 Å². The first-order valence-electron chi connectivity index (χ1n) is 7.49. The van der Waals surface area contributed by atoms with Crippen LogP contribution in [-0.4, -0.2) is 40.0 Å². The fourth-order valence-electron chi connectivity index (χ4n) is 2.62. The number of benzene rings is 1. The molecule has 22 heavy (non-hydrogen) atoms. The van der Waals surface area contributed by atoms with Crippen molar-refractivity contribution in [2.45, 2.75) is 26.9 Å². The van der Waals surface area contributed by atoms with E-state index in [0.29, 0.717) is 12.4 Å². The Labute approximate surface area is 132 Å². The highest BCUT2D eigenvalue weighted by atomic mass is 16.5. The van der Waals surface area contributed by atoms with Crippen LogP contribution in [0.5, 0.6) is 5.75 Å². The molecule has 1 aromatic carbocycles. The second-order valence-electron chi connectivity index (χ2n) is 5.65. The van der Waals surface area contributed by atoms with Crippen LogP contribution in [0, 0.1) is 13.8 Å². The summed E-state index contributed by atoms with van der Waals surface area (Å²) in [6, 6.07) is 7.41. The Balaban J connectivity index is 2.15. The van der Waals surface area contributed by atoms with E-state index < -0.39 is 0 Å². The summed E-state index contributed by atoms with van der Waals surface area (Å²) in [5.41, 5.74) is 4.61. The maximum absolute atomic E-state index is 9.63. The molecule has 0 amide bonds.